The monoisotopic (exact) mass is 463 g/mol. The molecule has 0 saturated heterocycles. The van der Waals surface area contributed by atoms with Crippen molar-refractivity contribution >= 4 is 10.8 Å². The van der Waals surface area contributed by atoms with E-state index in [1.165, 1.54) is 50.0 Å². The van der Waals surface area contributed by atoms with E-state index in [2.05, 4.69) is 144 Å². The number of rotatable bonds is 7. The summed E-state index contributed by atoms with van der Waals surface area (Å²) in [7, 11) is 0. The van der Waals surface area contributed by atoms with Crippen molar-refractivity contribution in [1.29, 1.82) is 0 Å². The van der Waals surface area contributed by atoms with E-state index < -0.39 is 0 Å². The Labute approximate surface area is 213 Å². The second kappa shape index (κ2) is 10.1. The van der Waals surface area contributed by atoms with Gasteiger partial charge in [-0.15, -0.1) is 0 Å². The molecule has 0 unspecified atom stereocenters. The van der Waals surface area contributed by atoms with Crippen LogP contribution in [-0.2, 0) is 19.4 Å². The SMILES string of the molecule is c1ccc(Cc2cc(-c3ccccc3)n(Cc3cccc4ccccc34)c2Cc2ccccc2)cc1. The van der Waals surface area contributed by atoms with Crippen molar-refractivity contribution in [2.45, 2.75) is 19.4 Å². The molecule has 0 spiro atoms. The lowest BCUT2D eigenvalue weighted by Gasteiger charge is -2.17. The zero-order valence-electron chi connectivity index (χ0n) is 20.3. The minimum Gasteiger partial charge on any atom is -0.340 e. The Hall–Kier alpha value is -4.36. The lowest BCUT2D eigenvalue weighted by Crippen LogP contribution is -2.09. The first-order chi connectivity index (χ1) is 17.8. The zero-order valence-corrected chi connectivity index (χ0v) is 20.3. The molecule has 0 bridgehead atoms. The Bertz CT molecular complexity index is 1570. The highest BCUT2D eigenvalue weighted by molar-refractivity contribution is 5.85. The van der Waals surface area contributed by atoms with Crippen molar-refractivity contribution in [2.24, 2.45) is 0 Å². The molecule has 0 fully saturated rings. The summed E-state index contributed by atoms with van der Waals surface area (Å²) in [6.45, 7) is 0.836. The molecule has 0 N–H and O–H groups in total. The summed E-state index contributed by atoms with van der Waals surface area (Å²) >= 11 is 0. The minimum absolute atomic E-state index is 0.836. The van der Waals surface area contributed by atoms with Crippen molar-refractivity contribution in [3.8, 4) is 11.3 Å². The van der Waals surface area contributed by atoms with E-state index in [1.54, 1.807) is 0 Å². The summed E-state index contributed by atoms with van der Waals surface area (Å²) in [5, 5.41) is 2.61. The van der Waals surface area contributed by atoms with E-state index in [4.69, 9.17) is 0 Å². The Morgan fingerprint density at radius 3 is 1.78 bits per heavy atom. The smallest absolute Gasteiger partial charge is 0.0488 e. The number of aromatic nitrogens is 1. The third kappa shape index (κ3) is 4.61. The third-order valence-corrected chi connectivity index (χ3v) is 7.03. The van der Waals surface area contributed by atoms with E-state index >= 15 is 0 Å². The molecule has 1 heterocycles. The molecule has 0 amide bonds. The van der Waals surface area contributed by atoms with Crippen LogP contribution in [0.15, 0.2) is 140 Å². The molecule has 0 atom stereocenters. The maximum absolute atomic E-state index is 2.56. The fraction of sp³-hybridized carbons (Fsp3) is 0.0857. The maximum Gasteiger partial charge on any atom is 0.0488 e. The first kappa shape index (κ1) is 22.1. The van der Waals surface area contributed by atoms with Gasteiger partial charge in [0.1, 0.15) is 0 Å². The van der Waals surface area contributed by atoms with Gasteiger partial charge in [0.15, 0.2) is 0 Å². The van der Waals surface area contributed by atoms with Crippen molar-refractivity contribution in [1.82, 2.24) is 4.57 Å². The number of hydrogen-bond acceptors (Lipinski definition) is 0. The summed E-state index contributed by atoms with van der Waals surface area (Å²) < 4.78 is 2.56. The lowest BCUT2D eigenvalue weighted by molar-refractivity contribution is 0.763. The molecule has 6 aromatic rings. The van der Waals surface area contributed by atoms with Crippen LogP contribution in [0.1, 0.15) is 27.9 Å². The van der Waals surface area contributed by atoms with Gasteiger partial charge >= 0.3 is 0 Å². The normalized spacial score (nSPS) is 11.1. The van der Waals surface area contributed by atoms with Crippen LogP contribution in [0.2, 0.25) is 0 Å². The van der Waals surface area contributed by atoms with Gasteiger partial charge < -0.3 is 4.57 Å². The molecule has 1 nitrogen and oxygen atoms in total. The molecule has 6 rings (SSSR count). The molecule has 1 aromatic heterocycles. The van der Waals surface area contributed by atoms with Crippen LogP contribution < -0.4 is 0 Å². The molecule has 1 heteroatoms. The van der Waals surface area contributed by atoms with Gasteiger partial charge in [0.05, 0.1) is 0 Å². The molecular weight excluding hydrogens is 434 g/mol. The Morgan fingerprint density at radius 1 is 0.472 bits per heavy atom. The fourth-order valence-electron chi connectivity index (χ4n) is 5.24. The van der Waals surface area contributed by atoms with Crippen molar-refractivity contribution < 1.29 is 0 Å². The summed E-state index contributed by atoms with van der Waals surface area (Å²) in [4.78, 5) is 0. The average molecular weight is 464 g/mol. The highest BCUT2D eigenvalue weighted by Crippen LogP contribution is 2.32. The molecule has 0 aliphatic rings. The summed E-state index contributed by atoms with van der Waals surface area (Å²) in [5.74, 6) is 0. The molecule has 0 aliphatic heterocycles. The standard InChI is InChI=1S/C35H29N/c1-4-13-27(14-5-1)23-32-25-35(30-18-8-3-9-19-30)36(34(32)24-28-15-6-2-7-16-28)26-31-21-12-20-29-17-10-11-22-33(29)31/h1-22,25H,23-24,26H2. The topological polar surface area (TPSA) is 4.93 Å². The second-order valence-electron chi connectivity index (χ2n) is 9.42. The van der Waals surface area contributed by atoms with E-state index in [-0.39, 0.29) is 0 Å². The number of fused-ring (bicyclic) bond motifs is 1. The summed E-state index contributed by atoms with van der Waals surface area (Å²) in [6.07, 6.45) is 1.83. The Balaban J connectivity index is 1.54. The van der Waals surface area contributed by atoms with Crippen LogP contribution in [0.3, 0.4) is 0 Å². The van der Waals surface area contributed by atoms with E-state index in [0.717, 1.165) is 19.4 Å². The van der Waals surface area contributed by atoms with Gasteiger partial charge in [-0.05, 0) is 51.1 Å². The predicted octanol–water partition coefficient (Wildman–Crippen LogP) is 8.54. The number of benzene rings is 5. The van der Waals surface area contributed by atoms with Crippen molar-refractivity contribution in [3.63, 3.8) is 0 Å². The predicted molar refractivity (Wildman–Crippen MR) is 151 cm³/mol. The summed E-state index contributed by atoms with van der Waals surface area (Å²) in [6, 6.07) is 50.3. The van der Waals surface area contributed by atoms with Gasteiger partial charge in [-0.1, -0.05) is 133 Å². The average Bonchev–Trinajstić information content (AvgIpc) is 3.26. The highest BCUT2D eigenvalue weighted by atomic mass is 15.0. The molecule has 36 heavy (non-hydrogen) atoms. The first-order valence-corrected chi connectivity index (χ1v) is 12.7. The quantitative estimate of drug-likeness (QED) is 0.223. The Kier molecular flexibility index (Phi) is 6.20. The number of nitrogens with zero attached hydrogens (tertiary/aromatic N) is 1. The molecule has 0 aliphatic carbocycles. The molecule has 0 saturated carbocycles. The second-order valence-corrected chi connectivity index (χ2v) is 9.42. The van der Waals surface area contributed by atoms with Gasteiger partial charge in [0.2, 0.25) is 0 Å². The number of hydrogen-bond donors (Lipinski definition) is 0. The van der Waals surface area contributed by atoms with Gasteiger partial charge in [-0.3, -0.25) is 0 Å². The van der Waals surface area contributed by atoms with Crippen LogP contribution in [0.25, 0.3) is 22.0 Å². The van der Waals surface area contributed by atoms with Crippen LogP contribution in [-0.4, -0.2) is 4.57 Å². The first-order valence-electron chi connectivity index (χ1n) is 12.7. The van der Waals surface area contributed by atoms with E-state index in [1.807, 2.05) is 0 Å². The van der Waals surface area contributed by atoms with Crippen molar-refractivity contribution in [2.75, 3.05) is 0 Å². The van der Waals surface area contributed by atoms with Crippen LogP contribution >= 0.6 is 0 Å². The highest BCUT2D eigenvalue weighted by Gasteiger charge is 2.18. The molecule has 5 aromatic carbocycles. The van der Waals surface area contributed by atoms with Gasteiger partial charge in [-0.25, -0.2) is 0 Å². The molecule has 174 valence electrons. The zero-order chi connectivity index (χ0) is 24.2. The van der Waals surface area contributed by atoms with E-state index in [9.17, 15) is 0 Å². The van der Waals surface area contributed by atoms with E-state index in [0.29, 0.717) is 0 Å². The fourth-order valence-corrected chi connectivity index (χ4v) is 5.24. The van der Waals surface area contributed by atoms with Gasteiger partial charge in [0.25, 0.3) is 0 Å². The maximum atomic E-state index is 2.56. The molecular formula is C35H29N. The third-order valence-electron chi connectivity index (χ3n) is 7.03. The van der Waals surface area contributed by atoms with Crippen LogP contribution in [0, 0.1) is 0 Å². The van der Waals surface area contributed by atoms with Gasteiger partial charge in [0, 0.05) is 24.4 Å². The van der Waals surface area contributed by atoms with Crippen LogP contribution in [0.4, 0.5) is 0 Å². The van der Waals surface area contributed by atoms with Crippen molar-refractivity contribution in [3.05, 3.63) is 167 Å². The largest absolute Gasteiger partial charge is 0.340 e. The summed E-state index contributed by atoms with van der Waals surface area (Å²) in [5.41, 5.74) is 9.34. The van der Waals surface area contributed by atoms with Crippen LogP contribution in [0.5, 0.6) is 0 Å². The van der Waals surface area contributed by atoms with Gasteiger partial charge in [-0.2, -0.15) is 0 Å². The minimum atomic E-state index is 0.836. The Morgan fingerprint density at radius 2 is 1.06 bits per heavy atom. The molecule has 0 radical (unpaired) electrons. The lowest BCUT2D eigenvalue weighted by atomic mass is 10.0.